The summed E-state index contributed by atoms with van der Waals surface area (Å²) < 4.78 is 0. The number of hydrogen-bond donors (Lipinski definition) is 1. The van der Waals surface area contributed by atoms with Crippen molar-refractivity contribution in [2.45, 2.75) is 6.92 Å². The maximum atomic E-state index is 4.85. The Morgan fingerprint density at radius 1 is 1.40 bits per heavy atom. The first-order valence-electron chi connectivity index (χ1n) is 1.12. The molecule has 3 heteroatoms. The standard InChI is InChI=1S/C2H7N.2ClH/c1-2-3;;/h2-3H2,1H3;2*1H. The summed E-state index contributed by atoms with van der Waals surface area (Å²) in [5, 5.41) is 0. The number of rotatable bonds is 0. The van der Waals surface area contributed by atoms with Crippen LogP contribution in [0.1, 0.15) is 6.92 Å². The Bertz CT molecular complexity index is 7.61. The highest BCUT2D eigenvalue weighted by Gasteiger charge is 1.32. The predicted molar refractivity (Wildman–Crippen MR) is 29.2 cm³/mol. The lowest BCUT2D eigenvalue weighted by atomic mass is 10.8. The van der Waals surface area contributed by atoms with Crippen molar-refractivity contribution >= 4 is 24.8 Å². The van der Waals surface area contributed by atoms with E-state index < -0.39 is 0 Å². The van der Waals surface area contributed by atoms with Gasteiger partial charge in [-0.1, -0.05) is 6.92 Å². The SMILES string of the molecule is CCN.Cl.Cl. The molecule has 0 saturated carbocycles. The fourth-order valence-electron chi connectivity index (χ4n) is 0. The van der Waals surface area contributed by atoms with Gasteiger partial charge in [-0.2, -0.15) is 0 Å². The van der Waals surface area contributed by atoms with Crippen molar-refractivity contribution in [2.24, 2.45) is 5.73 Å². The van der Waals surface area contributed by atoms with E-state index in [2.05, 4.69) is 0 Å². The second-order valence-corrected chi connectivity index (χ2v) is 0.408. The summed E-state index contributed by atoms with van der Waals surface area (Å²) in [6.07, 6.45) is 0. The summed E-state index contributed by atoms with van der Waals surface area (Å²) in [4.78, 5) is 0. The minimum absolute atomic E-state index is 0. The summed E-state index contributed by atoms with van der Waals surface area (Å²) in [5.74, 6) is 0. The van der Waals surface area contributed by atoms with Crippen LogP contribution in [0.2, 0.25) is 0 Å². The van der Waals surface area contributed by atoms with Crippen LogP contribution in [0.3, 0.4) is 0 Å². The average molecular weight is 118 g/mol. The quantitative estimate of drug-likeness (QED) is 0.500. The zero-order valence-corrected chi connectivity index (χ0v) is 4.73. The first-order valence-corrected chi connectivity index (χ1v) is 1.12. The van der Waals surface area contributed by atoms with Gasteiger partial charge in [-0.15, -0.1) is 24.8 Å². The molecule has 0 atom stereocenters. The highest BCUT2D eigenvalue weighted by molar-refractivity contribution is 5.85. The summed E-state index contributed by atoms with van der Waals surface area (Å²) in [7, 11) is 0. The molecule has 0 amide bonds. The Balaban J connectivity index is -0.0000000200. The van der Waals surface area contributed by atoms with E-state index in [0.717, 1.165) is 6.54 Å². The molecule has 0 aliphatic heterocycles. The van der Waals surface area contributed by atoms with E-state index in [1.807, 2.05) is 6.92 Å². The third kappa shape index (κ3) is 100. The molecular weight excluding hydrogens is 109 g/mol. The van der Waals surface area contributed by atoms with Gasteiger partial charge in [-0.05, 0) is 6.54 Å². The zero-order valence-electron chi connectivity index (χ0n) is 3.10. The van der Waals surface area contributed by atoms with E-state index in [1.54, 1.807) is 0 Å². The van der Waals surface area contributed by atoms with E-state index >= 15 is 0 Å². The van der Waals surface area contributed by atoms with Crippen molar-refractivity contribution in [3.8, 4) is 0 Å². The van der Waals surface area contributed by atoms with Gasteiger partial charge in [0.1, 0.15) is 0 Å². The molecule has 0 aliphatic carbocycles. The minimum atomic E-state index is 0. The molecule has 0 spiro atoms. The van der Waals surface area contributed by atoms with Crippen LogP contribution >= 0.6 is 24.8 Å². The fraction of sp³-hybridized carbons (Fsp3) is 1.00. The molecule has 0 radical (unpaired) electrons. The number of hydrogen-bond acceptors (Lipinski definition) is 1. The third-order valence-electron chi connectivity index (χ3n) is 0. The second-order valence-electron chi connectivity index (χ2n) is 0.408. The predicted octanol–water partition coefficient (Wildman–Crippen LogP) is 0.809. The molecule has 1 nitrogen and oxygen atoms in total. The number of nitrogens with two attached hydrogens (primary N) is 1. The molecule has 5 heavy (non-hydrogen) atoms. The van der Waals surface area contributed by atoms with Gasteiger partial charge in [-0.25, -0.2) is 0 Å². The Morgan fingerprint density at radius 2 is 1.40 bits per heavy atom. The molecule has 0 heterocycles. The largest absolute Gasteiger partial charge is 0.331 e. The molecule has 2 N–H and O–H groups in total. The summed E-state index contributed by atoms with van der Waals surface area (Å²) in [6.45, 7) is 2.65. The Kier molecular flexibility index (Phi) is 84.9. The first kappa shape index (κ1) is 17.7. The van der Waals surface area contributed by atoms with Crippen molar-refractivity contribution in [3.63, 3.8) is 0 Å². The van der Waals surface area contributed by atoms with Crippen LogP contribution in [0.5, 0.6) is 0 Å². The third-order valence-corrected chi connectivity index (χ3v) is 0. The molecule has 0 aromatic heterocycles. The van der Waals surface area contributed by atoms with Gasteiger partial charge >= 0.3 is 0 Å². The maximum Gasteiger partial charge on any atom is -0.0106 e. The Hall–Kier alpha value is 0.540. The lowest BCUT2D eigenvalue weighted by Crippen LogP contribution is -1.87. The molecule has 0 aromatic carbocycles. The second kappa shape index (κ2) is 24.0. The van der Waals surface area contributed by atoms with E-state index in [0.29, 0.717) is 0 Å². The van der Waals surface area contributed by atoms with Crippen LogP contribution in [0.4, 0.5) is 0 Å². The Labute approximate surface area is 44.8 Å². The van der Waals surface area contributed by atoms with Crippen LogP contribution < -0.4 is 5.73 Å². The molecule has 0 aromatic rings. The highest BCUT2D eigenvalue weighted by atomic mass is 35.5. The number of halogens is 2. The lowest BCUT2D eigenvalue weighted by molar-refractivity contribution is 1.14. The lowest BCUT2D eigenvalue weighted by Gasteiger charge is -1.53. The molecule has 36 valence electrons. The van der Waals surface area contributed by atoms with Gasteiger partial charge in [0.2, 0.25) is 0 Å². The molecule has 0 unspecified atom stereocenters. The molecule has 0 bridgehead atoms. The van der Waals surface area contributed by atoms with Gasteiger partial charge in [-0.3, -0.25) is 0 Å². The van der Waals surface area contributed by atoms with Crippen molar-refractivity contribution in [1.29, 1.82) is 0 Å². The molecule has 0 saturated heterocycles. The molecular formula is C2H9Cl2N. The van der Waals surface area contributed by atoms with E-state index in [4.69, 9.17) is 5.73 Å². The smallest absolute Gasteiger partial charge is 0.0106 e. The van der Waals surface area contributed by atoms with Crippen molar-refractivity contribution in [1.82, 2.24) is 0 Å². The summed E-state index contributed by atoms with van der Waals surface area (Å²) >= 11 is 0. The van der Waals surface area contributed by atoms with Gasteiger partial charge in [0.25, 0.3) is 0 Å². The monoisotopic (exact) mass is 117 g/mol. The van der Waals surface area contributed by atoms with Gasteiger partial charge in [0.05, 0.1) is 0 Å². The van der Waals surface area contributed by atoms with Crippen molar-refractivity contribution in [3.05, 3.63) is 0 Å². The van der Waals surface area contributed by atoms with Gasteiger partial charge < -0.3 is 5.73 Å². The van der Waals surface area contributed by atoms with Crippen molar-refractivity contribution < 1.29 is 0 Å². The minimum Gasteiger partial charge on any atom is -0.331 e. The normalized spacial score (nSPS) is 3.60. The highest BCUT2D eigenvalue weighted by Crippen LogP contribution is 1.20. The fourth-order valence-corrected chi connectivity index (χ4v) is 0. The average Bonchev–Trinajstić information content (AvgIpc) is 0.918. The van der Waals surface area contributed by atoms with Gasteiger partial charge in [0.15, 0.2) is 0 Å². The van der Waals surface area contributed by atoms with Crippen LogP contribution in [0.15, 0.2) is 0 Å². The maximum absolute atomic E-state index is 4.85. The van der Waals surface area contributed by atoms with Crippen LogP contribution in [0.25, 0.3) is 0 Å². The van der Waals surface area contributed by atoms with Crippen LogP contribution in [-0.4, -0.2) is 6.54 Å². The topological polar surface area (TPSA) is 26.0 Å². The Morgan fingerprint density at radius 3 is 1.40 bits per heavy atom. The van der Waals surface area contributed by atoms with Crippen molar-refractivity contribution in [2.75, 3.05) is 6.54 Å². The van der Waals surface area contributed by atoms with E-state index in [1.165, 1.54) is 0 Å². The first-order chi connectivity index (χ1) is 1.41. The molecule has 0 aliphatic rings. The van der Waals surface area contributed by atoms with E-state index in [9.17, 15) is 0 Å². The molecule has 0 rings (SSSR count). The zero-order chi connectivity index (χ0) is 2.71. The summed E-state index contributed by atoms with van der Waals surface area (Å²) in [6, 6.07) is 0. The summed E-state index contributed by atoms with van der Waals surface area (Å²) in [5.41, 5.74) is 4.85. The van der Waals surface area contributed by atoms with E-state index in [-0.39, 0.29) is 24.8 Å². The van der Waals surface area contributed by atoms with Gasteiger partial charge in [0, 0.05) is 0 Å². The van der Waals surface area contributed by atoms with Crippen LogP contribution in [-0.2, 0) is 0 Å². The van der Waals surface area contributed by atoms with Crippen LogP contribution in [0, 0.1) is 0 Å². The molecule has 0 fully saturated rings.